The van der Waals surface area contributed by atoms with E-state index in [1.165, 1.54) is 11.1 Å². The average Bonchev–Trinajstić information content (AvgIpc) is 2.99. The number of hydrogen-bond donors (Lipinski definition) is 1. The fourth-order valence-corrected chi connectivity index (χ4v) is 2.67. The Morgan fingerprint density at radius 3 is 3.10 bits per heavy atom. The standard InChI is InChI=1S/C16H18N2O2/c1-18(10-12-6-8-20-11-12)16(19)15-4-2-3-13-9-17-7-5-14(13)15/h2-4,6,8,11,17H,5,7,9-10H2,1H3. The molecule has 20 heavy (non-hydrogen) atoms. The van der Waals surface area contributed by atoms with Crippen molar-refractivity contribution in [1.82, 2.24) is 10.2 Å². The third-order valence-electron chi connectivity index (χ3n) is 3.72. The number of rotatable bonds is 3. The molecule has 1 aliphatic rings. The Kier molecular flexibility index (Phi) is 3.56. The molecule has 0 atom stereocenters. The topological polar surface area (TPSA) is 45.5 Å². The van der Waals surface area contributed by atoms with Crippen LogP contribution in [0.25, 0.3) is 0 Å². The summed E-state index contributed by atoms with van der Waals surface area (Å²) in [6, 6.07) is 7.87. The van der Waals surface area contributed by atoms with Crippen LogP contribution in [0.15, 0.2) is 41.2 Å². The summed E-state index contributed by atoms with van der Waals surface area (Å²) in [5.41, 5.74) is 4.26. The molecule has 2 heterocycles. The van der Waals surface area contributed by atoms with Crippen molar-refractivity contribution in [3.8, 4) is 0 Å². The van der Waals surface area contributed by atoms with Crippen LogP contribution >= 0.6 is 0 Å². The number of amides is 1. The lowest BCUT2D eigenvalue weighted by molar-refractivity contribution is 0.0783. The number of nitrogens with zero attached hydrogens (tertiary/aromatic N) is 1. The van der Waals surface area contributed by atoms with Crippen LogP contribution in [0.2, 0.25) is 0 Å². The number of carbonyl (C=O) groups excluding carboxylic acids is 1. The molecule has 0 saturated heterocycles. The molecular formula is C16H18N2O2. The second-order valence-electron chi connectivity index (χ2n) is 5.16. The summed E-state index contributed by atoms with van der Waals surface area (Å²) in [6.07, 6.45) is 4.22. The Labute approximate surface area is 118 Å². The van der Waals surface area contributed by atoms with E-state index < -0.39 is 0 Å². The summed E-state index contributed by atoms with van der Waals surface area (Å²) in [7, 11) is 1.83. The van der Waals surface area contributed by atoms with Crippen molar-refractivity contribution < 1.29 is 9.21 Å². The van der Waals surface area contributed by atoms with Gasteiger partial charge in [0.1, 0.15) is 0 Å². The zero-order valence-electron chi connectivity index (χ0n) is 11.6. The molecule has 3 rings (SSSR count). The number of benzene rings is 1. The number of hydrogen-bond acceptors (Lipinski definition) is 3. The maximum atomic E-state index is 12.6. The fraction of sp³-hybridized carbons (Fsp3) is 0.312. The van der Waals surface area contributed by atoms with E-state index in [9.17, 15) is 4.79 Å². The molecule has 1 aromatic heterocycles. The lowest BCUT2D eigenvalue weighted by Gasteiger charge is -2.23. The molecule has 104 valence electrons. The molecule has 1 aromatic carbocycles. The van der Waals surface area contributed by atoms with Gasteiger partial charge in [0, 0.05) is 31.3 Å². The Bertz CT molecular complexity index is 605. The molecule has 0 aliphatic carbocycles. The zero-order valence-corrected chi connectivity index (χ0v) is 11.6. The van der Waals surface area contributed by atoms with Gasteiger partial charge in [-0.1, -0.05) is 12.1 Å². The van der Waals surface area contributed by atoms with Gasteiger partial charge in [0.25, 0.3) is 5.91 Å². The molecule has 2 aromatic rings. The van der Waals surface area contributed by atoms with Crippen LogP contribution in [0.1, 0.15) is 27.0 Å². The van der Waals surface area contributed by atoms with Gasteiger partial charge in [-0.05, 0) is 36.2 Å². The van der Waals surface area contributed by atoms with E-state index in [-0.39, 0.29) is 5.91 Å². The molecule has 4 nitrogen and oxygen atoms in total. The van der Waals surface area contributed by atoms with E-state index in [4.69, 9.17) is 4.42 Å². The Hall–Kier alpha value is -2.07. The summed E-state index contributed by atoms with van der Waals surface area (Å²) >= 11 is 0. The van der Waals surface area contributed by atoms with Crippen LogP contribution in [0, 0.1) is 0 Å². The van der Waals surface area contributed by atoms with Crippen molar-refractivity contribution >= 4 is 5.91 Å². The van der Waals surface area contributed by atoms with Crippen LogP contribution in [0.5, 0.6) is 0 Å². The van der Waals surface area contributed by atoms with Gasteiger partial charge in [-0.15, -0.1) is 0 Å². The molecule has 1 aliphatic heterocycles. The first-order chi connectivity index (χ1) is 9.75. The van der Waals surface area contributed by atoms with Crippen molar-refractivity contribution in [3.05, 3.63) is 59.0 Å². The highest BCUT2D eigenvalue weighted by Gasteiger charge is 2.20. The second kappa shape index (κ2) is 5.51. The maximum absolute atomic E-state index is 12.6. The monoisotopic (exact) mass is 270 g/mol. The van der Waals surface area contributed by atoms with Crippen LogP contribution in [-0.2, 0) is 19.5 Å². The maximum Gasteiger partial charge on any atom is 0.254 e. The first kappa shape index (κ1) is 12.9. The van der Waals surface area contributed by atoms with Gasteiger partial charge in [0.05, 0.1) is 12.5 Å². The quantitative estimate of drug-likeness (QED) is 0.930. The van der Waals surface area contributed by atoms with Crippen LogP contribution in [0.3, 0.4) is 0 Å². The van der Waals surface area contributed by atoms with Gasteiger partial charge < -0.3 is 14.6 Å². The van der Waals surface area contributed by atoms with E-state index in [1.807, 2.05) is 25.2 Å². The van der Waals surface area contributed by atoms with Crippen LogP contribution < -0.4 is 5.32 Å². The van der Waals surface area contributed by atoms with E-state index in [2.05, 4.69) is 11.4 Å². The molecule has 0 saturated carbocycles. The number of carbonyl (C=O) groups is 1. The molecule has 4 heteroatoms. The van der Waals surface area contributed by atoms with Gasteiger partial charge in [-0.3, -0.25) is 4.79 Å². The van der Waals surface area contributed by atoms with E-state index >= 15 is 0 Å². The van der Waals surface area contributed by atoms with Gasteiger partial charge in [-0.2, -0.15) is 0 Å². The molecule has 0 bridgehead atoms. The first-order valence-corrected chi connectivity index (χ1v) is 6.84. The van der Waals surface area contributed by atoms with Gasteiger partial charge in [0.2, 0.25) is 0 Å². The molecule has 1 N–H and O–H groups in total. The Balaban J connectivity index is 1.83. The summed E-state index contributed by atoms with van der Waals surface area (Å²) < 4.78 is 5.05. The fourth-order valence-electron chi connectivity index (χ4n) is 2.67. The minimum Gasteiger partial charge on any atom is -0.472 e. The number of fused-ring (bicyclic) bond motifs is 1. The van der Waals surface area contributed by atoms with Crippen molar-refractivity contribution in [2.75, 3.05) is 13.6 Å². The minimum absolute atomic E-state index is 0.0740. The van der Waals surface area contributed by atoms with E-state index in [0.717, 1.165) is 30.6 Å². The average molecular weight is 270 g/mol. The highest BCUT2D eigenvalue weighted by Crippen LogP contribution is 2.20. The predicted molar refractivity (Wildman–Crippen MR) is 76.4 cm³/mol. The number of nitrogens with one attached hydrogen (secondary N) is 1. The summed E-state index contributed by atoms with van der Waals surface area (Å²) in [5.74, 6) is 0.0740. The van der Waals surface area contributed by atoms with Gasteiger partial charge >= 0.3 is 0 Å². The third kappa shape index (κ3) is 2.47. The van der Waals surface area contributed by atoms with Gasteiger partial charge in [0.15, 0.2) is 0 Å². The predicted octanol–water partition coefficient (Wildman–Crippen LogP) is 2.20. The largest absolute Gasteiger partial charge is 0.472 e. The smallest absolute Gasteiger partial charge is 0.254 e. The van der Waals surface area contributed by atoms with Crippen molar-refractivity contribution in [3.63, 3.8) is 0 Å². The molecule has 0 unspecified atom stereocenters. The lowest BCUT2D eigenvalue weighted by atomic mass is 9.95. The normalized spacial score (nSPS) is 13.8. The van der Waals surface area contributed by atoms with Crippen LogP contribution in [0.4, 0.5) is 0 Å². The van der Waals surface area contributed by atoms with Crippen molar-refractivity contribution in [2.45, 2.75) is 19.5 Å². The summed E-state index contributed by atoms with van der Waals surface area (Å²) in [4.78, 5) is 14.4. The minimum atomic E-state index is 0.0740. The summed E-state index contributed by atoms with van der Waals surface area (Å²) in [5, 5.41) is 3.34. The lowest BCUT2D eigenvalue weighted by Crippen LogP contribution is -2.30. The van der Waals surface area contributed by atoms with Crippen LogP contribution in [-0.4, -0.2) is 24.4 Å². The molecule has 1 amide bonds. The molecule has 0 fully saturated rings. The summed E-state index contributed by atoms with van der Waals surface area (Å²) in [6.45, 7) is 2.35. The molecule has 0 radical (unpaired) electrons. The molecule has 0 spiro atoms. The highest BCUT2D eigenvalue weighted by molar-refractivity contribution is 5.96. The third-order valence-corrected chi connectivity index (χ3v) is 3.72. The first-order valence-electron chi connectivity index (χ1n) is 6.84. The highest BCUT2D eigenvalue weighted by atomic mass is 16.3. The van der Waals surface area contributed by atoms with E-state index in [0.29, 0.717) is 6.54 Å². The molecular weight excluding hydrogens is 252 g/mol. The van der Waals surface area contributed by atoms with E-state index in [1.54, 1.807) is 17.4 Å². The second-order valence-corrected chi connectivity index (χ2v) is 5.16. The van der Waals surface area contributed by atoms with Crippen molar-refractivity contribution in [2.24, 2.45) is 0 Å². The van der Waals surface area contributed by atoms with Crippen molar-refractivity contribution in [1.29, 1.82) is 0 Å². The SMILES string of the molecule is CN(Cc1ccoc1)C(=O)c1cccc2c1CCNC2. The Morgan fingerprint density at radius 1 is 1.40 bits per heavy atom. The number of furan rings is 1. The van der Waals surface area contributed by atoms with Gasteiger partial charge in [-0.25, -0.2) is 0 Å². The zero-order chi connectivity index (χ0) is 13.9. The Morgan fingerprint density at radius 2 is 2.30 bits per heavy atom.